The summed E-state index contributed by atoms with van der Waals surface area (Å²) >= 11 is 1.21. The summed E-state index contributed by atoms with van der Waals surface area (Å²) in [4.78, 5) is 24.2. The Bertz CT molecular complexity index is 1130. The summed E-state index contributed by atoms with van der Waals surface area (Å²) in [5, 5.41) is 3.33. The first-order valence-electron chi connectivity index (χ1n) is 8.79. The van der Waals surface area contributed by atoms with Crippen molar-refractivity contribution in [3.63, 3.8) is 0 Å². The number of imidazole rings is 1. The van der Waals surface area contributed by atoms with E-state index in [1.165, 1.54) is 11.8 Å². The van der Waals surface area contributed by atoms with E-state index in [0.717, 1.165) is 41.4 Å². The molecule has 11 heteroatoms. The molecule has 30 heavy (non-hydrogen) atoms. The van der Waals surface area contributed by atoms with Gasteiger partial charge in [0, 0.05) is 30.0 Å². The summed E-state index contributed by atoms with van der Waals surface area (Å²) in [6, 6.07) is 6.49. The van der Waals surface area contributed by atoms with Crippen LogP contribution in [-0.4, -0.2) is 25.4 Å². The Morgan fingerprint density at radius 2 is 2.07 bits per heavy atom. The molecule has 3 aromatic rings. The van der Waals surface area contributed by atoms with Crippen LogP contribution in [0.5, 0.6) is 0 Å². The van der Waals surface area contributed by atoms with Crippen molar-refractivity contribution < 1.29 is 18.0 Å². The molecule has 4 rings (SSSR count). The van der Waals surface area contributed by atoms with E-state index in [1.54, 1.807) is 12.5 Å². The Labute approximate surface area is 173 Å². The molecule has 0 atom stereocenters. The van der Waals surface area contributed by atoms with E-state index >= 15 is 0 Å². The van der Waals surface area contributed by atoms with E-state index < -0.39 is 17.8 Å². The molecule has 0 saturated carbocycles. The first-order chi connectivity index (χ1) is 14.3. The number of halogens is 3. The van der Waals surface area contributed by atoms with Crippen LogP contribution < -0.4 is 11.1 Å². The number of carbonyl (C=O) groups is 1. The number of amides is 1. The molecule has 1 amide bonds. The number of thioether (sulfide) groups is 1. The largest absolute Gasteiger partial charge is 0.433 e. The molecule has 1 aliphatic heterocycles. The molecular weight excluding hydrogens is 417 g/mol. The van der Waals surface area contributed by atoms with Gasteiger partial charge in [0.2, 0.25) is 0 Å². The Balaban J connectivity index is 1.62. The number of nitrogens with zero attached hydrogens (tertiary/aromatic N) is 4. The van der Waals surface area contributed by atoms with Crippen LogP contribution in [-0.2, 0) is 23.9 Å². The molecule has 0 radical (unpaired) electrons. The van der Waals surface area contributed by atoms with E-state index in [2.05, 4.69) is 20.3 Å². The van der Waals surface area contributed by atoms with Crippen molar-refractivity contribution in [2.24, 2.45) is 5.73 Å². The number of rotatable bonds is 5. The standard InChI is InChI=1S/C19H15F3N6OS/c20-19(21,22)14-3-5-25-17(27-14)15(16(23)29)18-26-12-2-1-11(9-13(12)30-18)4-7-28-8-6-24-10-28/h1-3,5-6,8-10,26H,4,7H2,(H2,23,29). The molecular formula is C19H15F3N6OS. The number of primary amides is 1. The minimum Gasteiger partial charge on any atom is -0.365 e. The Morgan fingerprint density at radius 1 is 1.23 bits per heavy atom. The van der Waals surface area contributed by atoms with Gasteiger partial charge in [-0.3, -0.25) is 4.79 Å². The Kier molecular flexibility index (Phi) is 5.20. The fourth-order valence-electron chi connectivity index (χ4n) is 2.92. The van der Waals surface area contributed by atoms with Crippen LogP contribution >= 0.6 is 11.8 Å². The fourth-order valence-corrected chi connectivity index (χ4v) is 4.03. The molecule has 0 fully saturated rings. The topological polar surface area (TPSA) is 98.7 Å². The smallest absolute Gasteiger partial charge is 0.365 e. The number of carbonyl (C=O) groups excluding carboxylic acids is 1. The van der Waals surface area contributed by atoms with Crippen molar-refractivity contribution in [3.8, 4) is 0 Å². The average molecular weight is 432 g/mol. The first-order valence-corrected chi connectivity index (χ1v) is 9.61. The van der Waals surface area contributed by atoms with Crippen LogP contribution in [0.1, 0.15) is 17.1 Å². The number of hydrogen-bond donors (Lipinski definition) is 2. The predicted molar refractivity (Wildman–Crippen MR) is 105 cm³/mol. The van der Waals surface area contributed by atoms with Crippen LogP contribution in [0.25, 0.3) is 5.57 Å². The van der Waals surface area contributed by atoms with Gasteiger partial charge in [-0.15, -0.1) is 0 Å². The summed E-state index contributed by atoms with van der Waals surface area (Å²) in [5.41, 5.74) is 5.91. The Hall–Kier alpha value is -3.34. The molecule has 3 heterocycles. The fraction of sp³-hybridized carbons (Fsp3) is 0.158. The van der Waals surface area contributed by atoms with Crippen molar-refractivity contribution in [2.75, 3.05) is 5.32 Å². The number of nitrogens with two attached hydrogens (primary N) is 1. The highest BCUT2D eigenvalue weighted by Crippen LogP contribution is 2.44. The lowest BCUT2D eigenvalue weighted by molar-refractivity contribution is -0.141. The van der Waals surface area contributed by atoms with E-state index in [-0.39, 0.29) is 11.4 Å². The average Bonchev–Trinajstić information content (AvgIpc) is 3.35. The zero-order chi connectivity index (χ0) is 21.3. The molecule has 154 valence electrons. The van der Waals surface area contributed by atoms with Gasteiger partial charge in [0.1, 0.15) is 11.3 Å². The predicted octanol–water partition coefficient (Wildman–Crippen LogP) is 3.31. The van der Waals surface area contributed by atoms with E-state index in [1.807, 2.05) is 29.0 Å². The van der Waals surface area contributed by atoms with Gasteiger partial charge >= 0.3 is 6.18 Å². The number of benzene rings is 1. The molecule has 2 aromatic heterocycles. The second kappa shape index (κ2) is 7.82. The third-order valence-electron chi connectivity index (χ3n) is 4.37. The van der Waals surface area contributed by atoms with Crippen LogP contribution in [0.3, 0.4) is 0 Å². The first kappa shape index (κ1) is 20.0. The third-order valence-corrected chi connectivity index (χ3v) is 5.44. The van der Waals surface area contributed by atoms with Gasteiger partial charge in [0.15, 0.2) is 5.82 Å². The van der Waals surface area contributed by atoms with Crippen LogP contribution in [0.2, 0.25) is 0 Å². The summed E-state index contributed by atoms with van der Waals surface area (Å²) in [7, 11) is 0. The van der Waals surface area contributed by atoms with E-state index in [0.29, 0.717) is 5.03 Å². The number of aryl methyl sites for hydroxylation is 2. The van der Waals surface area contributed by atoms with Crippen molar-refractivity contribution in [3.05, 3.63) is 71.3 Å². The molecule has 1 aliphatic rings. The molecule has 0 spiro atoms. The number of fused-ring (bicyclic) bond motifs is 1. The van der Waals surface area contributed by atoms with Gasteiger partial charge in [-0.25, -0.2) is 15.0 Å². The summed E-state index contributed by atoms with van der Waals surface area (Å²) in [5.74, 6) is -1.29. The highest BCUT2D eigenvalue weighted by molar-refractivity contribution is 8.04. The van der Waals surface area contributed by atoms with Gasteiger partial charge < -0.3 is 15.6 Å². The van der Waals surface area contributed by atoms with Crippen LogP contribution in [0.4, 0.5) is 18.9 Å². The number of anilines is 1. The number of alkyl halides is 3. The van der Waals surface area contributed by atoms with E-state index in [9.17, 15) is 18.0 Å². The molecule has 1 aromatic carbocycles. The van der Waals surface area contributed by atoms with Gasteiger partial charge in [-0.05, 0) is 30.2 Å². The lowest BCUT2D eigenvalue weighted by Crippen LogP contribution is -2.19. The van der Waals surface area contributed by atoms with Crippen molar-refractivity contribution in [1.82, 2.24) is 19.5 Å². The molecule has 0 aliphatic carbocycles. The normalized spacial score (nSPS) is 14.9. The maximum absolute atomic E-state index is 13.0. The van der Waals surface area contributed by atoms with Crippen molar-refractivity contribution >= 4 is 28.9 Å². The number of aromatic nitrogens is 4. The lowest BCUT2D eigenvalue weighted by atomic mass is 10.1. The zero-order valence-corrected chi connectivity index (χ0v) is 16.2. The Morgan fingerprint density at radius 3 is 2.77 bits per heavy atom. The minimum absolute atomic E-state index is 0.192. The number of hydrogen-bond acceptors (Lipinski definition) is 6. The van der Waals surface area contributed by atoms with Crippen molar-refractivity contribution in [2.45, 2.75) is 24.0 Å². The van der Waals surface area contributed by atoms with Gasteiger partial charge in [0.05, 0.1) is 17.0 Å². The highest BCUT2D eigenvalue weighted by atomic mass is 32.2. The summed E-state index contributed by atoms with van der Waals surface area (Å²) in [6.45, 7) is 0.754. The SMILES string of the molecule is NC(=O)C(=C1Nc2ccc(CCn3ccnc3)cc2S1)c1nccc(C(F)(F)F)n1. The van der Waals surface area contributed by atoms with Gasteiger partial charge in [-0.1, -0.05) is 17.8 Å². The molecule has 0 saturated heterocycles. The molecule has 7 nitrogen and oxygen atoms in total. The monoisotopic (exact) mass is 432 g/mol. The number of nitrogens with one attached hydrogen (secondary N) is 1. The van der Waals surface area contributed by atoms with Crippen LogP contribution in [0.15, 0.2) is 59.1 Å². The summed E-state index contributed by atoms with van der Waals surface area (Å²) in [6.07, 6.45) is 2.38. The highest BCUT2D eigenvalue weighted by Gasteiger charge is 2.34. The molecule has 0 bridgehead atoms. The van der Waals surface area contributed by atoms with E-state index in [4.69, 9.17) is 5.73 Å². The van der Waals surface area contributed by atoms with Crippen LogP contribution in [0, 0.1) is 0 Å². The van der Waals surface area contributed by atoms with Crippen molar-refractivity contribution in [1.29, 1.82) is 0 Å². The zero-order valence-electron chi connectivity index (χ0n) is 15.3. The minimum atomic E-state index is -4.66. The quantitative estimate of drug-likeness (QED) is 0.601. The third kappa shape index (κ3) is 4.15. The second-order valence-electron chi connectivity index (χ2n) is 6.44. The van der Waals surface area contributed by atoms with Gasteiger partial charge in [0.25, 0.3) is 5.91 Å². The summed E-state index contributed by atoms with van der Waals surface area (Å²) < 4.78 is 40.9. The van der Waals surface area contributed by atoms with Gasteiger partial charge in [-0.2, -0.15) is 13.2 Å². The maximum atomic E-state index is 13.0. The molecule has 0 unspecified atom stereocenters. The lowest BCUT2D eigenvalue weighted by Gasteiger charge is -2.09. The second-order valence-corrected chi connectivity index (χ2v) is 7.49. The maximum Gasteiger partial charge on any atom is 0.433 e. The molecule has 3 N–H and O–H groups in total.